The first-order valence-corrected chi connectivity index (χ1v) is 8.81. The fraction of sp³-hybridized carbons (Fsp3) is 0.474. The van der Waals surface area contributed by atoms with Crippen LogP contribution in [0.1, 0.15) is 25.8 Å². The van der Waals surface area contributed by atoms with Crippen molar-refractivity contribution in [3.05, 3.63) is 48.3 Å². The first kappa shape index (κ1) is 16.1. The predicted molar refractivity (Wildman–Crippen MR) is 94.4 cm³/mol. The first-order valence-electron chi connectivity index (χ1n) is 8.81. The van der Waals surface area contributed by atoms with E-state index in [-0.39, 0.29) is 23.6 Å². The summed E-state index contributed by atoms with van der Waals surface area (Å²) in [5.74, 6) is 0.442. The van der Waals surface area contributed by atoms with Gasteiger partial charge < -0.3 is 15.4 Å². The summed E-state index contributed by atoms with van der Waals surface area (Å²) >= 11 is 0. The Labute approximate surface area is 147 Å². The monoisotopic (exact) mass is 340 g/mol. The molecule has 1 aliphatic heterocycles. The summed E-state index contributed by atoms with van der Waals surface area (Å²) in [5, 5.41) is 10.4. The van der Waals surface area contributed by atoms with Gasteiger partial charge in [-0.1, -0.05) is 32.0 Å². The van der Waals surface area contributed by atoms with E-state index >= 15 is 0 Å². The van der Waals surface area contributed by atoms with Crippen molar-refractivity contribution in [1.82, 2.24) is 20.4 Å². The number of ether oxygens (including phenoxy) is 1. The van der Waals surface area contributed by atoms with Crippen molar-refractivity contribution >= 4 is 6.03 Å². The number of nitrogens with zero attached hydrogens (tertiary/aromatic N) is 2. The largest absolute Gasteiger partial charge is 0.377 e. The number of fused-ring (bicyclic) bond motifs is 1. The Morgan fingerprint density at radius 2 is 2.20 bits per heavy atom. The number of hydrogen-bond donors (Lipinski definition) is 2. The van der Waals surface area contributed by atoms with Crippen LogP contribution in [-0.2, 0) is 11.3 Å². The van der Waals surface area contributed by atoms with Gasteiger partial charge in [0.25, 0.3) is 0 Å². The maximum Gasteiger partial charge on any atom is 0.315 e. The minimum atomic E-state index is -0.126. The molecule has 2 aliphatic rings. The van der Waals surface area contributed by atoms with Crippen molar-refractivity contribution in [3.63, 3.8) is 0 Å². The third kappa shape index (κ3) is 2.80. The minimum absolute atomic E-state index is 0.00846. The first-order chi connectivity index (χ1) is 12.1. The van der Waals surface area contributed by atoms with Crippen molar-refractivity contribution in [1.29, 1.82) is 0 Å². The summed E-state index contributed by atoms with van der Waals surface area (Å²) in [6.45, 7) is 5.59. The number of benzene rings is 1. The highest BCUT2D eigenvalue weighted by Crippen LogP contribution is 2.52. The molecule has 0 bridgehead atoms. The lowest BCUT2D eigenvalue weighted by Crippen LogP contribution is -2.67. The molecule has 6 heteroatoms. The molecule has 1 aliphatic carbocycles. The number of nitrogens with one attached hydrogen (secondary N) is 2. The topological polar surface area (TPSA) is 68.2 Å². The molecule has 4 rings (SSSR count). The summed E-state index contributed by atoms with van der Waals surface area (Å²) < 4.78 is 7.59. The van der Waals surface area contributed by atoms with Crippen molar-refractivity contribution in [2.45, 2.75) is 39.0 Å². The predicted octanol–water partition coefficient (Wildman–Crippen LogP) is 2.49. The molecule has 1 saturated heterocycles. The lowest BCUT2D eigenvalue weighted by Gasteiger charge is -2.54. The van der Waals surface area contributed by atoms with E-state index < -0.39 is 0 Å². The molecule has 0 radical (unpaired) electrons. The third-order valence-corrected chi connectivity index (χ3v) is 5.57. The van der Waals surface area contributed by atoms with Gasteiger partial charge in [-0.25, -0.2) is 9.48 Å². The van der Waals surface area contributed by atoms with Gasteiger partial charge in [-0.2, -0.15) is 5.10 Å². The Hall–Kier alpha value is -2.34. The molecule has 2 aromatic rings. The number of rotatable bonds is 4. The van der Waals surface area contributed by atoms with Crippen LogP contribution in [0.2, 0.25) is 0 Å². The van der Waals surface area contributed by atoms with Crippen LogP contribution in [0.3, 0.4) is 0 Å². The number of carbonyl (C=O) groups is 1. The molecule has 25 heavy (non-hydrogen) atoms. The number of carbonyl (C=O) groups excluding carboxylic acids is 1. The summed E-state index contributed by atoms with van der Waals surface area (Å²) in [4.78, 5) is 12.4. The van der Waals surface area contributed by atoms with E-state index in [2.05, 4.69) is 29.6 Å². The van der Waals surface area contributed by atoms with E-state index in [9.17, 15) is 4.79 Å². The van der Waals surface area contributed by atoms with Gasteiger partial charge in [-0.05, 0) is 24.1 Å². The second kappa shape index (κ2) is 6.19. The average molecular weight is 340 g/mol. The average Bonchev–Trinajstić information content (AvgIpc) is 3.28. The van der Waals surface area contributed by atoms with Crippen molar-refractivity contribution in [2.24, 2.45) is 11.3 Å². The van der Waals surface area contributed by atoms with Crippen molar-refractivity contribution in [2.75, 3.05) is 6.61 Å². The molecule has 1 aromatic carbocycles. The van der Waals surface area contributed by atoms with Gasteiger partial charge in [0.15, 0.2) is 0 Å². The highest BCUT2D eigenvalue weighted by molar-refractivity contribution is 5.74. The number of urea groups is 1. The molecule has 0 unspecified atom stereocenters. The van der Waals surface area contributed by atoms with Crippen LogP contribution in [0.25, 0.3) is 5.69 Å². The van der Waals surface area contributed by atoms with Crippen molar-refractivity contribution < 1.29 is 9.53 Å². The van der Waals surface area contributed by atoms with Gasteiger partial charge in [0, 0.05) is 42.9 Å². The van der Waals surface area contributed by atoms with Crippen LogP contribution < -0.4 is 10.6 Å². The van der Waals surface area contributed by atoms with Gasteiger partial charge >= 0.3 is 6.03 Å². The maximum atomic E-state index is 12.4. The minimum Gasteiger partial charge on any atom is -0.377 e. The molecule has 3 atom stereocenters. The standard InChI is InChI=1S/C19H24N4O2/c1-19(2)16(14-8-11-25-17(14)19)22-18(24)20-12-13-6-3-4-7-15(13)23-10-5-9-21-23/h3-7,9-10,14,16-17H,8,11-12H2,1-2H3,(H2,20,22,24)/t14-,16+,17+/m0/s1. The molecule has 1 aromatic heterocycles. The SMILES string of the molecule is CC1(C)[C@H](NC(=O)NCc2ccccc2-n2cccn2)[C@@H]2CCO[C@H]21. The molecule has 132 valence electrons. The molecule has 6 nitrogen and oxygen atoms in total. The van der Waals surface area contributed by atoms with E-state index in [1.165, 1.54) is 0 Å². The van der Waals surface area contributed by atoms with Crippen LogP contribution in [-0.4, -0.2) is 34.6 Å². The van der Waals surface area contributed by atoms with Gasteiger partial charge in [-0.15, -0.1) is 0 Å². The van der Waals surface area contributed by atoms with Gasteiger partial charge in [-0.3, -0.25) is 0 Å². The smallest absolute Gasteiger partial charge is 0.315 e. The van der Waals surface area contributed by atoms with E-state index in [4.69, 9.17) is 4.74 Å². The number of para-hydroxylation sites is 1. The number of aromatic nitrogens is 2. The molecule has 0 spiro atoms. The lowest BCUT2D eigenvalue weighted by molar-refractivity contribution is -0.108. The Morgan fingerprint density at radius 3 is 3.00 bits per heavy atom. The fourth-order valence-electron chi connectivity index (χ4n) is 4.28. The maximum absolute atomic E-state index is 12.4. The molecule has 1 saturated carbocycles. The third-order valence-electron chi connectivity index (χ3n) is 5.57. The molecule has 2 fully saturated rings. The van der Waals surface area contributed by atoms with E-state index in [0.29, 0.717) is 12.5 Å². The van der Waals surface area contributed by atoms with Crippen molar-refractivity contribution in [3.8, 4) is 5.69 Å². The highest BCUT2D eigenvalue weighted by Gasteiger charge is 2.59. The summed E-state index contributed by atoms with van der Waals surface area (Å²) in [7, 11) is 0. The van der Waals surface area contributed by atoms with Gasteiger partial charge in [0.2, 0.25) is 0 Å². The van der Waals surface area contributed by atoms with Crippen LogP contribution in [0.15, 0.2) is 42.7 Å². The zero-order valence-electron chi connectivity index (χ0n) is 14.6. The second-order valence-corrected chi connectivity index (χ2v) is 7.45. The zero-order valence-corrected chi connectivity index (χ0v) is 14.6. The van der Waals surface area contributed by atoms with Crippen LogP contribution in [0.5, 0.6) is 0 Å². The Bertz CT molecular complexity index is 757. The normalized spacial score (nSPS) is 26.6. The summed E-state index contributed by atoms with van der Waals surface area (Å²) in [6.07, 6.45) is 4.95. The van der Waals surface area contributed by atoms with E-state index in [1.807, 2.05) is 41.2 Å². The van der Waals surface area contributed by atoms with Crippen LogP contribution in [0.4, 0.5) is 4.79 Å². The Balaban J connectivity index is 1.39. The second-order valence-electron chi connectivity index (χ2n) is 7.45. The quantitative estimate of drug-likeness (QED) is 0.898. The summed E-state index contributed by atoms with van der Waals surface area (Å²) in [5.41, 5.74) is 1.99. The van der Waals surface area contributed by atoms with E-state index in [0.717, 1.165) is 24.3 Å². The Morgan fingerprint density at radius 1 is 1.36 bits per heavy atom. The van der Waals surface area contributed by atoms with Crippen LogP contribution in [0, 0.1) is 11.3 Å². The lowest BCUT2D eigenvalue weighted by atomic mass is 9.57. The zero-order chi connectivity index (χ0) is 17.4. The molecule has 2 heterocycles. The molecular formula is C19H24N4O2. The van der Waals surface area contributed by atoms with Gasteiger partial charge in [0.05, 0.1) is 11.8 Å². The molecular weight excluding hydrogens is 316 g/mol. The van der Waals surface area contributed by atoms with E-state index in [1.54, 1.807) is 6.20 Å². The number of hydrogen-bond acceptors (Lipinski definition) is 3. The van der Waals surface area contributed by atoms with Gasteiger partial charge in [0.1, 0.15) is 0 Å². The Kier molecular flexibility index (Phi) is 4.00. The summed E-state index contributed by atoms with van der Waals surface area (Å²) in [6, 6.07) is 9.87. The fourth-order valence-corrected chi connectivity index (χ4v) is 4.28. The van der Waals surface area contributed by atoms with Crippen LogP contribution >= 0.6 is 0 Å². The molecule has 2 N–H and O–H groups in total. The molecule has 2 amide bonds. The highest BCUT2D eigenvalue weighted by atomic mass is 16.5. The number of amides is 2.